The van der Waals surface area contributed by atoms with Crippen molar-refractivity contribution in [2.75, 3.05) is 19.0 Å². The number of rotatable bonds is 6. The van der Waals surface area contributed by atoms with Gasteiger partial charge in [-0.1, -0.05) is 37.2 Å². The van der Waals surface area contributed by atoms with Gasteiger partial charge < -0.3 is 9.84 Å². The van der Waals surface area contributed by atoms with Crippen molar-refractivity contribution in [1.82, 2.24) is 0 Å². The van der Waals surface area contributed by atoms with Crippen LogP contribution in [0.3, 0.4) is 0 Å². The molecule has 0 unspecified atom stereocenters. The van der Waals surface area contributed by atoms with Crippen molar-refractivity contribution in [1.29, 1.82) is 0 Å². The summed E-state index contributed by atoms with van der Waals surface area (Å²) in [5, 5.41) is 9.57. The lowest BCUT2D eigenvalue weighted by Gasteiger charge is -2.20. The second-order valence-electron chi connectivity index (χ2n) is 5.28. The number of hydrogen-bond donors (Lipinski definition) is 1. The predicted molar refractivity (Wildman–Crippen MR) is 89.8 cm³/mol. The van der Waals surface area contributed by atoms with Gasteiger partial charge >= 0.3 is 0 Å². The van der Waals surface area contributed by atoms with Crippen LogP contribution in [0.1, 0.15) is 44.1 Å². The molecule has 0 spiro atoms. The number of ether oxygens (including phenoxy) is 1. The van der Waals surface area contributed by atoms with E-state index in [-0.39, 0.29) is 6.61 Å². The molecule has 0 saturated heterocycles. The fourth-order valence-electron chi connectivity index (χ4n) is 2.49. The third kappa shape index (κ3) is 6.46. The van der Waals surface area contributed by atoms with E-state index in [0.717, 1.165) is 28.9 Å². The SMILES string of the molecule is OCCC#Cc1cccc(OCCSC2CCCCC2)c1. The van der Waals surface area contributed by atoms with E-state index in [4.69, 9.17) is 9.84 Å². The van der Waals surface area contributed by atoms with Crippen molar-refractivity contribution in [2.45, 2.75) is 43.8 Å². The zero-order valence-electron chi connectivity index (χ0n) is 12.5. The molecule has 0 atom stereocenters. The van der Waals surface area contributed by atoms with Crippen LogP contribution in [-0.4, -0.2) is 29.3 Å². The third-order valence-electron chi connectivity index (χ3n) is 3.56. The smallest absolute Gasteiger partial charge is 0.120 e. The van der Waals surface area contributed by atoms with E-state index in [9.17, 15) is 0 Å². The summed E-state index contributed by atoms with van der Waals surface area (Å²) in [4.78, 5) is 0. The molecule has 1 aliphatic carbocycles. The molecule has 0 aromatic heterocycles. The first-order valence-corrected chi connectivity index (χ1v) is 8.87. The summed E-state index contributed by atoms with van der Waals surface area (Å²) >= 11 is 2.06. The number of aliphatic hydroxyl groups is 1. The van der Waals surface area contributed by atoms with Crippen LogP contribution in [0.2, 0.25) is 0 Å². The van der Waals surface area contributed by atoms with Crippen molar-refractivity contribution in [3.05, 3.63) is 29.8 Å². The summed E-state index contributed by atoms with van der Waals surface area (Å²) in [6, 6.07) is 7.87. The summed E-state index contributed by atoms with van der Waals surface area (Å²) in [6.45, 7) is 0.871. The topological polar surface area (TPSA) is 29.5 Å². The van der Waals surface area contributed by atoms with E-state index in [1.54, 1.807) is 0 Å². The Morgan fingerprint density at radius 1 is 1.24 bits per heavy atom. The molecule has 0 amide bonds. The Morgan fingerprint density at radius 3 is 2.90 bits per heavy atom. The van der Waals surface area contributed by atoms with Crippen molar-refractivity contribution in [2.24, 2.45) is 0 Å². The van der Waals surface area contributed by atoms with Crippen molar-refractivity contribution in [3.63, 3.8) is 0 Å². The summed E-state index contributed by atoms with van der Waals surface area (Å²) in [7, 11) is 0. The van der Waals surface area contributed by atoms with E-state index >= 15 is 0 Å². The van der Waals surface area contributed by atoms with E-state index < -0.39 is 0 Å². The van der Waals surface area contributed by atoms with E-state index in [0.29, 0.717) is 6.42 Å². The first kappa shape index (κ1) is 16.3. The van der Waals surface area contributed by atoms with Gasteiger partial charge in [0.15, 0.2) is 0 Å². The average Bonchev–Trinajstić information content (AvgIpc) is 2.53. The Hall–Kier alpha value is -1.11. The van der Waals surface area contributed by atoms with Crippen LogP contribution in [0.5, 0.6) is 5.75 Å². The Kier molecular flexibility index (Phi) is 7.56. The van der Waals surface area contributed by atoms with E-state index in [2.05, 4.69) is 23.6 Å². The maximum Gasteiger partial charge on any atom is 0.120 e. The maximum atomic E-state index is 8.72. The standard InChI is InChI=1S/C18H24O2S/c19-12-5-4-7-16-8-6-9-17(15-16)20-13-14-21-18-10-2-1-3-11-18/h6,8-9,15,18-19H,1-3,5,10-14H2. The number of benzene rings is 1. The van der Waals surface area contributed by atoms with Crippen LogP contribution in [-0.2, 0) is 0 Å². The lowest BCUT2D eigenvalue weighted by molar-refractivity contribution is 0.305. The summed E-state index contributed by atoms with van der Waals surface area (Å²) in [5.41, 5.74) is 0.945. The normalized spacial score (nSPS) is 15.3. The van der Waals surface area contributed by atoms with Gasteiger partial charge in [0.1, 0.15) is 5.75 Å². The molecule has 1 aromatic rings. The van der Waals surface area contributed by atoms with E-state index in [1.165, 1.54) is 32.1 Å². The first-order chi connectivity index (χ1) is 10.4. The van der Waals surface area contributed by atoms with Crippen molar-refractivity contribution in [3.8, 4) is 17.6 Å². The quantitative estimate of drug-likeness (QED) is 0.639. The van der Waals surface area contributed by atoms with Gasteiger partial charge in [0.25, 0.3) is 0 Å². The molecule has 1 fully saturated rings. The number of aliphatic hydroxyl groups excluding tert-OH is 1. The predicted octanol–water partition coefficient (Wildman–Crippen LogP) is 3.87. The molecule has 114 valence electrons. The Bertz CT molecular complexity index is 470. The molecule has 3 heteroatoms. The molecule has 1 saturated carbocycles. The van der Waals surface area contributed by atoms with Gasteiger partial charge in [0, 0.05) is 23.0 Å². The second kappa shape index (κ2) is 9.76. The average molecular weight is 304 g/mol. The summed E-state index contributed by atoms with van der Waals surface area (Å²) in [5.74, 6) is 7.91. The molecule has 21 heavy (non-hydrogen) atoms. The zero-order chi connectivity index (χ0) is 14.8. The molecule has 2 nitrogen and oxygen atoms in total. The minimum Gasteiger partial charge on any atom is -0.493 e. The van der Waals surface area contributed by atoms with Crippen LogP contribution in [0.15, 0.2) is 24.3 Å². The van der Waals surface area contributed by atoms with Crippen LogP contribution in [0.25, 0.3) is 0 Å². The Balaban J connectivity index is 1.70. The lowest BCUT2D eigenvalue weighted by atomic mass is 10.0. The van der Waals surface area contributed by atoms with Crippen LogP contribution in [0, 0.1) is 11.8 Å². The lowest BCUT2D eigenvalue weighted by Crippen LogP contribution is -2.11. The molecule has 0 bridgehead atoms. The molecule has 0 aliphatic heterocycles. The fraction of sp³-hybridized carbons (Fsp3) is 0.556. The van der Waals surface area contributed by atoms with Crippen LogP contribution < -0.4 is 4.74 Å². The maximum absolute atomic E-state index is 8.72. The van der Waals surface area contributed by atoms with Crippen molar-refractivity contribution >= 4 is 11.8 Å². The zero-order valence-corrected chi connectivity index (χ0v) is 13.3. The molecular weight excluding hydrogens is 280 g/mol. The second-order valence-corrected chi connectivity index (χ2v) is 6.69. The van der Waals surface area contributed by atoms with Gasteiger partial charge in [-0.2, -0.15) is 11.8 Å². The molecule has 2 rings (SSSR count). The summed E-state index contributed by atoms with van der Waals surface area (Å²) < 4.78 is 5.81. The van der Waals surface area contributed by atoms with Gasteiger partial charge in [-0.15, -0.1) is 0 Å². The molecule has 1 N–H and O–H groups in total. The largest absolute Gasteiger partial charge is 0.493 e. The first-order valence-electron chi connectivity index (χ1n) is 7.82. The van der Waals surface area contributed by atoms with E-state index in [1.807, 2.05) is 24.3 Å². The fourth-order valence-corrected chi connectivity index (χ4v) is 3.67. The van der Waals surface area contributed by atoms with Gasteiger partial charge in [0.05, 0.1) is 13.2 Å². The third-order valence-corrected chi connectivity index (χ3v) is 4.91. The Labute approximate surface area is 132 Å². The molecule has 0 heterocycles. The highest BCUT2D eigenvalue weighted by Crippen LogP contribution is 2.28. The monoisotopic (exact) mass is 304 g/mol. The molecule has 1 aromatic carbocycles. The van der Waals surface area contributed by atoms with Gasteiger partial charge in [-0.05, 0) is 31.0 Å². The van der Waals surface area contributed by atoms with Crippen LogP contribution in [0.4, 0.5) is 0 Å². The number of thioether (sulfide) groups is 1. The van der Waals surface area contributed by atoms with Gasteiger partial charge in [-0.3, -0.25) is 0 Å². The highest BCUT2D eigenvalue weighted by atomic mass is 32.2. The highest BCUT2D eigenvalue weighted by Gasteiger charge is 2.13. The van der Waals surface area contributed by atoms with Crippen LogP contribution >= 0.6 is 11.8 Å². The molecule has 0 radical (unpaired) electrons. The Morgan fingerprint density at radius 2 is 2.10 bits per heavy atom. The highest BCUT2D eigenvalue weighted by molar-refractivity contribution is 7.99. The molecular formula is C18H24O2S. The molecule has 1 aliphatic rings. The van der Waals surface area contributed by atoms with Crippen molar-refractivity contribution < 1.29 is 9.84 Å². The number of hydrogen-bond acceptors (Lipinski definition) is 3. The minimum absolute atomic E-state index is 0.113. The van der Waals surface area contributed by atoms with Gasteiger partial charge in [-0.25, -0.2) is 0 Å². The van der Waals surface area contributed by atoms with Gasteiger partial charge in [0.2, 0.25) is 0 Å². The summed E-state index contributed by atoms with van der Waals surface area (Å²) in [6.07, 6.45) is 7.47. The minimum atomic E-state index is 0.113.